The highest BCUT2D eigenvalue weighted by atomic mass is 79.9. The number of aliphatic carboxylic acids is 1. The summed E-state index contributed by atoms with van der Waals surface area (Å²) in [7, 11) is 0. The summed E-state index contributed by atoms with van der Waals surface area (Å²) in [6.45, 7) is 8.91. The molecule has 1 unspecified atom stereocenters. The summed E-state index contributed by atoms with van der Waals surface area (Å²) in [4.78, 5) is 26.0. The Morgan fingerprint density at radius 1 is 0.973 bits per heavy atom. The van der Waals surface area contributed by atoms with Crippen molar-refractivity contribution in [2.45, 2.75) is 58.5 Å². The van der Waals surface area contributed by atoms with Crippen molar-refractivity contribution in [1.82, 2.24) is 5.32 Å². The van der Waals surface area contributed by atoms with Crippen molar-refractivity contribution in [3.8, 4) is 0 Å². The molecule has 0 aromatic heterocycles. The van der Waals surface area contributed by atoms with E-state index in [4.69, 9.17) is 5.11 Å². The van der Waals surface area contributed by atoms with E-state index in [1.807, 2.05) is 79.7 Å². The Labute approximate surface area is 228 Å². The first-order valence-corrected chi connectivity index (χ1v) is 13.2. The van der Waals surface area contributed by atoms with Gasteiger partial charge >= 0.3 is 12.0 Å². The molecule has 0 heterocycles. The molecule has 0 aliphatic carbocycles. The zero-order valence-corrected chi connectivity index (χ0v) is 23.5. The van der Waals surface area contributed by atoms with Crippen molar-refractivity contribution in [3.05, 3.63) is 106 Å². The molecule has 1 atom stereocenters. The predicted molar refractivity (Wildman–Crippen MR) is 155 cm³/mol. The number of carbonyl (C=O) groups excluding carboxylic acids is 1. The number of nitrogens with one attached hydrogen (secondary N) is 1. The van der Waals surface area contributed by atoms with Crippen molar-refractivity contribution >= 4 is 39.7 Å². The van der Waals surface area contributed by atoms with Gasteiger partial charge in [-0.25, -0.2) is 4.79 Å². The molecule has 194 valence electrons. The Morgan fingerprint density at radius 2 is 1.59 bits per heavy atom. The number of rotatable bonds is 9. The summed E-state index contributed by atoms with van der Waals surface area (Å²) in [6.07, 6.45) is 4.39. The van der Waals surface area contributed by atoms with Crippen LogP contribution in [-0.2, 0) is 16.8 Å². The number of halogens is 1. The van der Waals surface area contributed by atoms with Gasteiger partial charge in [0, 0.05) is 16.6 Å². The summed E-state index contributed by atoms with van der Waals surface area (Å²) >= 11 is 3.46. The van der Waals surface area contributed by atoms with Crippen LogP contribution in [-0.4, -0.2) is 17.1 Å². The molecule has 6 heteroatoms. The number of allylic oxidation sites excluding steroid dienone is 1. The van der Waals surface area contributed by atoms with E-state index < -0.39 is 5.97 Å². The maximum absolute atomic E-state index is 13.5. The molecule has 0 fully saturated rings. The molecule has 0 saturated carbocycles. The number of benzene rings is 3. The van der Waals surface area contributed by atoms with Crippen molar-refractivity contribution in [1.29, 1.82) is 0 Å². The first-order chi connectivity index (χ1) is 17.5. The number of anilines is 1. The van der Waals surface area contributed by atoms with Crippen LogP contribution in [0.5, 0.6) is 0 Å². The van der Waals surface area contributed by atoms with Crippen molar-refractivity contribution in [2.24, 2.45) is 0 Å². The average molecular weight is 564 g/mol. The Morgan fingerprint density at radius 3 is 2.16 bits per heavy atom. The van der Waals surface area contributed by atoms with E-state index in [9.17, 15) is 9.59 Å². The van der Waals surface area contributed by atoms with Gasteiger partial charge in [-0.1, -0.05) is 97.4 Å². The van der Waals surface area contributed by atoms with E-state index in [1.165, 1.54) is 5.56 Å². The van der Waals surface area contributed by atoms with E-state index in [1.54, 1.807) is 4.90 Å². The predicted octanol–water partition coefficient (Wildman–Crippen LogP) is 8.10. The molecular formula is C31H35BrN2O3. The van der Waals surface area contributed by atoms with Crippen LogP contribution in [0.3, 0.4) is 0 Å². The second kappa shape index (κ2) is 12.7. The lowest BCUT2D eigenvalue weighted by atomic mass is 9.87. The minimum Gasteiger partial charge on any atom is -0.481 e. The number of hydrogen-bond donors (Lipinski definition) is 2. The molecule has 3 aromatic rings. The Kier molecular flexibility index (Phi) is 9.70. The van der Waals surface area contributed by atoms with Crippen LogP contribution in [0.15, 0.2) is 83.3 Å². The molecule has 0 aliphatic rings. The smallest absolute Gasteiger partial charge is 0.322 e. The molecule has 0 aliphatic heterocycles. The Bertz CT molecular complexity index is 1210. The largest absolute Gasteiger partial charge is 0.481 e. The normalized spacial score (nSPS) is 12.4. The number of urea groups is 1. The van der Waals surface area contributed by atoms with E-state index in [-0.39, 0.29) is 23.9 Å². The molecule has 0 bridgehead atoms. The lowest BCUT2D eigenvalue weighted by Crippen LogP contribution is -2.40. The zero-order valence-electron chi connectivity index (χ0n) is 21.9. The van der Waals surface area contributed by atoms with Crippen LogP contribution in [0.1, 0.15) is 68.8 Å². The van der Waals surface area contributed by atoms with Crippen LogP contribution in [0.2, 0.25) is 0 Å². The minimum absolute atomic E-state index is 0.0233. The molecule has 37 heavy (non-hydrogen) atoms. The summed E-state index contributed by atoms with van der Waals surface area (Å²) in [5.41, 5.74) is 5.07. The summed E-state index contributed by atoms with van der Waals surface area (Å²) in [6, 6.07) is 23.7. The van der Waals surface area contributed by atoms with Gasteiger partial charge in [0.2, 0.25) is 0 Å². The minimum atomic E-state index is -0.802. The van der Waals surface area contributed by atoms with Crippen LogP contribution < -0.4 is 10.2 Å². The van der Waals surface area contributed by atoms with Gasteiger partial charge in [0.15, 0.2) is 0 Å². The van der Waals surface area contributed by atoms with Crippen molar-refractivity contribution in [3.63, 3.8) is 0 Å². The third-order valence-corrected chi connectivity index (χ3v) is 6.68. The van der Waals surface area contributed by atoms with Crippen LogP contribution in [0.4, 0.5) is 10.5 Å². The van der Waals surface area contributed by atoms with Gasteiger partial charge < -0.3 is 10.4 Å². The first-order valence-electron chi connectivity index (χ1n) is 12.4. The lowest BCUT2D eigenvalue weighted by molar-refractivity contribution is -0.136. The molecule has 5 nitrogen and oxygen atoms in total. The second-order valence-electron chi connectivity index (χ2n) is 10.2. The van der Waals surface area contributed by atoms with Gasteiger partial charge in [-0.15, -0.1) is 0 Å². The number of amides is 2. The van der Waals surface area contributed by atoms with Gasteiger partial charge in [-0.05, 0) is 65.3 Å². The number of carbonyl (C=O) groups is 2. The van der Waals surface area contributed by atoms with E-state index in [0.717, 1.165) is 26.9 Å². The molecule has 0 spiro atoms. The molecule has 0 radical (unpaired) electrons. The van der Waals surface area contributed by atoms with Crippen LogP contribution in [0.25, 0.3) is 6.08 Å². The third-order valence-electron chi connectivity index (χ3n) is 6.16. The summed E-state index contributed by atoms with van der Waals surface area (Å²) < 4.78 is 0.996. The lowest BCUT2D eigenvalue weighted by Gasteiger charge is -2.27. The molecule has 2 amide bonds. The maximum Gasteiger partial charge on any atom is 0.322 e. The SMILES string of the molecule is CC(NC(=O)N(Cc1ccc(C=CCCC(=O)O)cc1)c1ccc(C(C)(C)C)cc1)c1ccc(Br)cc1. The fourth-order valence-corrected chi connectivity index (χ4v) is 4.13. The topological polar surface area (TPSA) is 69.6 Å². The fraction of sp³-hybridized carbons (Fsp3) is 0.290. The van der Waals surface area contributed by atoms with Gasteiger partial charge in [0.25, 0.3) is 0 Å². The van der Waals surface area contributed by atoms with Crippen LogP contribution >= 0.6 is 15.9 Å². The maximum atomic E-state index is 13.5. The van der Waals surface area contributed by atoms with Crippen LogP contribution in [0, 0.1) is 0 Å². The highest BCUT2D eigenvalue weighted by Gasteiger charge is 2.20. The second-order valence-corrected chi connectivity index (χ2v) is 11.1. The summed E-state index contributed by atoms with van der Waals surface area (Å²) in [5, 5.41) is 11.9. The molecule has 2 N–H and O–H groups in total. The van der Waals surface area contributed by atoms with Crippen molar-refractivity contribution in [2.75, 3.05) is 4.90 Å². The molecule has 3 rings (SSSR count). The zero-order chi connectivity index (χ0) is 27.0. The van der Waals surface area contributed by atoms with Gasteiger partial charge in [-0.3, -0.25) is 9.69 Å². The number of carboxylic acid groups (broad SMARTS) is 1. The molecule has 0 saturated heterocycles. The monoisotopic (exact) mass is 562 g/mol. The quantitative estimate of drug-likeness (QED) is 0.276. The highest BCUT2D eigenvalue weighted by Crippen LogP contribution is 2.26. The van der Waals surface area contributed by atoms with E-state index in [0.29, 0.717) is 13.0 Å². The Balaban J connectivity index is 1.80. The van der Waals surface area contributed by atoms with Crippen molar-refractivity contribution < 1.29 is 14.7 Å². The van der Waals surface area contributed by atoms with E-state index in [2.05, 4.69) is 54.2 Å². The van der Waals surface area contributed by atoms with E-state index >= 15 is 0 Å². The Hall–Kier alpha value is -3.38. The van der Waals surface area contributed by atoms with Gasteiger partial charge in [0.1, 0.15) is 0 Å². The number of hydrogen-bond acceptors (Lipinski definition) is 2. The standard InChI is InChI=1S/C31H35BrN2O3/c1-22(25-13-17-27(32)18-14-25)33-30(37)34(28-19-15-26(16-20-28)31(2,3)4)21-24-11-9-23(10-12-24)7-5-6-8-29(35)36/h5,7,9-20,22H,6,8,21H2,1-4H3,(H,33,37)(H,35,36). The number of nitrogens with zero attached hydrogens (tertiary/aromatic N) is 1. The fourth-order valence-electron chi connectivity index (χ4n) is 3.86. The average Bonchev–Trinajstić information content (AvgIpc) is 2.85. The molecular weight excluding hydrogens is 528 g/mol. The number of carboxylic acids is 1. The van der Waals surface area contributed by atoms with Gasteiger partial charge in [0.05, 0.1) is 12.6 Å². The molecule has 3 aromatic carbocycles. The third kappa shape index (κ3) is 8.60. The van der Waals surface area contributed by atoms with Gasteiger partial charge in [-0.2, -0.15) is 0 Å². The first kappa shape index (κ1) is 28.2. The highest BCUT2D eigenvalue weighted by molar-refractivity contribution is 9.10. The summed E-state index contributed by atoms with van der Waals surface area (Å²) in [5.74, 6) is -0.802.